The van der Waals surface area contributed by atoms with Crippen molar-refractivity contribution in [3.8, 4) is 0 Å². The van der Waals surface area contributed by atoms with Gasteiger partial charge in [0.15, 0.2) is 0 Å². The van der Waals surface area contributed by atoms with Crippen molar-refractivity contribution in [2.45, 2.75) is 83.1 Å². The van der Waals surface area contributed by atoms with Crippen LogP contribution in [0.1, 0.15) is 77.0 Å². The van der Waals surface area contributed by atoms with E-state index in [2.05, 4.69) is 4.90 Å². The van der Waals surface area contributed by atoms with Crippen LogP contribution in [0.5, 0.6) is 0 Å². The molecule has 0 aromatic rings. The highest BCUT2D eigenvalue weighted by Gasteiger charge is 2.30. The van der Waals surface area contributed by atoms with Crippen LogP contribution in [0.3, 0.4) is 0 Å². The van der Waals surface area contributed by atoms with Crippen LogP contribution in [-0.4, -0.2) is 29.9 Å². The minimum atomic E-state index is 0.300. The van der Waals surface area contributed by atoms with E-state index in [-0.39, 0.29) is 0 Å². The van der Waals surface area contributed by atoms with Crippen molar-refractivity contribution in [2.75, 3.05) is 13.1 Å². The second kappa shape index (κ2) is 8.66. The van der Waals surface area contributed by atoms with Gasteiger partial charge in [0.1, 0.15) is 0 Å². The summed E-state index contributed by atoms with van der Waals surface area (Å²) in [6, 6.07) is 0.513. The summed E-state index contributed by atoms with van der Waals surface area (Å²) in [5.74, 6) is 0.751. The Labute approximate surface area is 124 Å². The first-order valence-electron chi connectivity index (χ1n) is 8.83. The maximum absolute atomic E-state index is 12.9. The van der Waals surface area contributed by atoms with Gasteiger partial charge in [0, 0.05) is 18.5 Å². The molecule has 0 aliphatic heterocycles. The average Bonchev–Trinajstić information content (AvgIpc) is 2.92. The molecule has 116 valence electrons. The second-order valence-electron chi connectivity index (χ2n) is 6.65. The van der Waals surface area contributed by atoms with E-state index in [1.54, 1.807) is 0 Å². The molecule has 0 unspecified atom stereocenters. The summed E-state index contributed by atoms with van der Waals surface area (Å²) < 4.78 is 0. The van der Waals surface area contributed by atoms with Crippen molar-refractivity contribution in [2.24, 2.45) is 11.7 Å². The van der Waals surface area contributed by atoms with Gasteiger partial charge in [-0.15, -0.1) is 0 Å². The van der Waals surface area contributed by atoms with Crippen molar-refractivity contribution in [1.29, 1.82) is 0 Å². The maximum atomic E-state index is 12.9. The Morgan fingerprint density at radius 1 is 0.900 bits per heavy atom. The van der Waals surface area contributed by atoms with Gasteiger partial charge in [-0.2, -0.15) is 0 Å². The molecule has 20 heavy (non-hydrogen) atoms. The molecule has 0 atom stereocenters. The number of rotatable bonds is 5. The van der Waals surface area contributed by atoms with Gasteiger partial charge in [0.25, 0.3) is 0 Å². The number of hydrogen-bond donors (Lipinski definition) is 1. The van der Waals surface area contributed by atoms with Gasteiger partial charge in [-0.05, 0) is 38.6 Å². The molecule has 3 heteroatoms. The molecule has 0 bridgehead atoms. The van der Waals surface area contributed by atoms with Gasteiger partial charge in [-0.3, -0.25) is 4.79 Å². The summed E-state index contributed by atoms with van der Waals surface area (Å²) in [5.41, 5.74) is 5.66. The van der Waals surface area contributed by atoms with E-state index in [0.717, 1.165) is 25.8 Å². The van der Waals surface area contributed by atoms with E-state index in [1.165, 1.54) is 57.8 Å². The highest BCUT2D eigenvalue weighted by Crippen LogP contribution is 2.29. The molecule has 2 rings (SSSR count). The predicted octanol–water partition coefficient (Wildman–Crippen LogP) is 3.47. The van der Waals surface area contributed by atoms with Crippen LogP contribution >= 0.6 is 0 Å². The lowest BCUT2D eigenvalue weighted by atomic mass is 9.89. The minimum Gasteiger partial charge on any atom is -0.339 e. The number of carbonyl (C=O) groups excluding carboxylic acids is 1. The fourth-order valence-corrected chi connectivity index (χ4v) is 3.89. The summed E-state index contributed by atoms with van der Waals surface area (Å²) in [5, 5.41) is 0. The van der Waals surface area contributed by atoms with Gasteiger partial charge in [-0.25, -0.2) is 0 Å². The third-order valence-corrected chi connectivity index (χ3v) is 5.11. The minimum absolute atomic E-state index is 0.300. The molecular weight excluding hydrogens is 248 g/mol. The Morgan fingerprint density at radius 3 is 2.05 bits per heavy atom. The number of nitrogens with two attached hydrogens (primary N) is 1. The molecule has 3 nitrogen and oxygen atoms in total. The quantitative estimate of drug-likeness (QED) is 0.838. The topological polar surface area (TPSA) is 46.3 Å². The first-order chi connectivity index (χ1) is 9.83. The fourth-order valence-electron chi connectivity index (χ4n) is 3.89. The van der Waals surface area contributed by atoms with Crippen molar-refractivity contribution in [1.82, 2.24) is 4.90 Å². The maximum Gasteiger partial charge on any atom is 0.225 e. The van der Waals surface area contributed by atoms with Gasteiger partial charge in [0.2, 0.25) is 5.91 Å². The predicted molar refractivity (Wildman–Crippen MR) is 83.4 cm³/mol. The molecule has 1 amide bonds. The highest BCUT2D eigenvalue weighted by molar-refractivity contribution is 5.79. The molecule has 2 fully saturated rings. The Hall–Kier alpha value is -0.570. The van der Waals surface area contributed by atoms with Crippen molar-refractivity contribution < 1.29 is 4.79 Å². The summed E-state index contributed by atoms with van der Waals surface area (Å²) in [7, 11) is 0. The van der Waals surface area contributed by atoms with Crippen LogP contribution in [0.25, 0.3) is 0 Å². The van der Waals surface area contributed by atoms with Crippen LogP contribution in [-0.2, 0) is 4.79 Å². The first kappa shape index (κ1) is 15.8. The Morgan fingerprint density at radius 2 is 1.45 bits per heavy atom. The van der Waals surface area contributed by atoms with Gasteiger partial charge < -0.3 is 10.6 Å². The van der Waals surface area contributed by atoms with Gasteiger partial charge in [0.05, 0.1) is 0 Å². The van der Waals surface area contributed by atoms with Crippen LogP contribution in [0.4, 0.5) is 0 Å². The normalized spacial score (nSPS) is 22.4. The molecule has 0 heterocycles. The molecule has 2 saturated carbocycles. The lowest BCUT2D eigenvalue weighted by molar-refractivity contribution is -0.138. The van der Waals surface area contributed by atoms with Crippen LogP contribution in [0, 0.1) is 5.92 Å². The smallest absolute Gasteiger partial charge is 0.225 e. The summed E-state index contributed by atoms with van der Waals surface area (Å²) in [6.45, 7) is 1.58. The fraction of sp³-hybridized carbons (Fsp3) is 0.941. The number of carbonyl (C=O) groups is 1. The lowest BCUT2D eigenvalue weighted by Crippen LogP contribution is -2.43. The molecule has 0 aromatic carbocycles. The first-order valence-corrected chi connectivity index (χ1v) is 8.83. The number of amides is 1. The third-order valence-electron chi connectivity index (χ3n) is 5.11. The zero-order valence-corrected chi connectivity index (χ0v) is 13.0. The van der Waals surface area contributed by atoms with E-state index in [4.69, 9.17) is 5.73 Å². The van der Waals surface area contributed by atoms with Crippen molar-refractivity contribution in [3.63, 3.8) is 0 Å². The van der Waals surface area contributed by atoms with Crippen LogP contribution in [0.2, 0.25) is 0 Å². The van der Waals surface area contributed by atoms with E-state index in [9.17, 15) is 4.79 Å². The third kappa shape index (κ3) is 4.47. The van der Waals surface area contributed by atoms with Crippen molar-refractivity contribution in [3.05, 3.63) is 0 Å². The Balaban J connectivity index is 1.95. The molecule has 2 aliphatic rings. The Kier molecular flexibility index (Phi) is 6.85. The van der Waals surface area contributed by atoms with Gasteiger partial charge in [-0.1, -0.05) is 44.9 Å². The number of hydrogen-bond acceptors (Lipinski definition) is 2. The molecule has 0 radical (unpaired) electrons. The molecule has 0 spiro atoms. The van der Waals surface area contributed by atoms with Crippen LogP contribution in [0.15, 0.2) is 0 Å². The van der Waals surface area contributed by atoms with E-state index in [1.807, 2.05) is 0 Å². The standard InChI is InChI=1S/C17H32N2O/c18-13-8-14-19(16-11-6-7-12-16)17(20)15-9-4-2-1-3-5-10-15/h15-16H,1-14,18H2. The zero-order valence-electron chi connectivity index (χ0n) is 13.0. The van der Waals surface area contributed by atoms with E-state index >= 15 is 0 Å². The lowest BCUT2D eigenvalue weighted by Gasteiger charge is -2.33. The zero-order chi connectivity index (χ0) is 14.2. The average molecular weight is 280 g/mol. The molecular formula is C17H32N2O. The largest absolute Gasteiger partial charge is 0.339 e. The Bertz CT molecular complexity index is 279. The monoisotopic (exact) mass is 280 g/mol. The second-order valence-corrected chi connectivity index (χ2v) is 6.65. The molecule has 0 saturated heterocycles. The van der Waals surface area contributed by atoms with Crippen LogP contribution < -0.4 is 5.73 Å². The van der Waals surface area contributed by atoms with Gasteiger partial charge >= 0.3 is 0 Å². The SMILES string of the molecule is NCCCN(C(=O)C1CCCCCCC1)C1CCCC1. The number of nitrogens with zero attached hydrogens (tertiary/aromatic N) is 1. The van der Waals surface area contributed by atoms with Crippen molar-refractivity contribution >= 4 is 5.91 Å². The highest BCUT2D eigenvalue weighted by atomic mass is 16.2. The van der Waals surface area contributed by atoms with E-state index in [0.29, 0.717) is 24.4 Å². The summed E-state index contributed by atoms with van der Waals surface area (Å²) in [6.07, 6.45) is 14.7. The van der Waals surface area contributed by atoms with E-state index < -0.39 is 0 Å². The summed E-state index contributed by atoms with van der Waals surface area (Å²) >= 11 is 0. The molecule has 2 aliphatic carbocycles. The molecule has 2 N–H and O–H groups in total. The molecule has 0 aromatic heterocycles. The summed E-state index contributed by atoms with van der Waals surface area (Å²) in [4.78, 5) is 15.2.